The van der Waals surface area contributed by atoms with Crippen molar-refractivity contribution in [1.29, 1.82) is 0 Å². The molecule has 3 heteroatoms. The quantitative estimate of drug-likeness (QED) is 0.168. The summed E-state index contributed by atoms with van der Waals surface area (Å²) in [5.74, 6) is 1.51. The first-order valence-corrected chi connectivity index (χ1v) is 21.4. The minimum atomic E-state index is -0.125. The maximum absolute atomic E-state index is 5.38. The third-order valence-electron chi connectivity index (χ3n) is 13.0. The van der Waals surface area contributed by atoms with Gasteiger partial charge in [0.05, 0.1) is 16.7 Å². The summed E-state index contributed by atoms with van der Waals surface area (Å²) in [5.41, 5.74) is 17.4. The van der Waals surface area contributed by atoms with E-state index in [1.807, 2.05) is 6.07 Å². The first kappa shape index (κ1) is 36.0. The summed E-state index contributed by atoms with van der Waals surface area (Å²) in [6, 6.07) is 76.7. The molecular formula is C59H41N3. The molecule has 11 aromatic rings. The van der Waals surface area contributed by atoms with E-state index in [0.717, 1.165) is 39.2 Å². The van der Waals surface area contributed by atoms with Crippen molar-refractivity contribution in [3.63, 3.8) is 0 Å². The predicted octanol–water partition coefficient (Wildman–Crippen LogP) is 15.4. The average molecular weight is 792 g/mol. The lowest BCUT2D eigenvalue weighted by atomic mass is 9.81. The third kappa shape index (κ3) is 5.81. The molecule has 0 saturated heterocycles. The predicted molar refractivity (Wildman–Crippen MR) is 259 cm³/mol. The number of nitrogens with zero attached hydrogens (tertiary/aromatic N) is 3. The van der Waals surface area contributed by atoms with Crippen molar-refractivity contribution in [1.82, 2.24) is 14.5 Å². The fraction of sp³-hybridized carbons (Fsp3) is 0.0508. The van der Waals surface area contributed by atoms with Crippen LogP contribution in [-0.2, 0) is 5.41 Å². The molecule has 9 aromatic carbocycles. The van der Waals surface area contributed by atoms with Crippen LogP contribution in [0.2, 0.25) is 0 Å². The fourth-order valence-electron chi connectivity index (χ4n) is 9.86. The summed E-state index contributed by atoms with van der Waals surface area (Å²) < 4.78 is 2.32. The standard InChI is InChI=1S/C59H41N3/c1-59(2)51-27-15-26-47(57(51)50-35-41-22-12-13-23-42(41)36-52(50)59)45-24-14-25-46(32-45)53-37-56(61-58(60-53)40-20-10-5-11-21-40)62-54-30-28-43(38-16-6-3-7-17-38)33-48(54)49-34-44(29-31-55(49)62)39-18-8-4-9-19-39/h3-37H,1-2H3. The Kier molecular flexibility index (Phi) is 8.20. The molecule has 0 amide bonds. The first-order valence-electron chi connectivity index (χ1n) is 21.4. The Balaban J connectivity index is 1.06. The Hall–Kier alpha value is -7.88. The number of benzene rings is 9. The lowest BCUT2D eigenvalue weighted by molar-refractivity contribution is 0.661. The van der Waals surface area contributed by atoms with E-state index in [4.69, 9.17) is 9.97 Å². The molecule has 0 atom stereocenters. The van der Waals surface area contributed by atoms with Gasteiger partial charge in [-0.15, -0.1) is 0 Å². The van der Waals surface area contributed by atoms with Crippen LogP contribution in [0.25, 0.3) is 106 Å². The van der Waals surface area contributed by atoms with Gasteiger partial charge >= 0.3 is 0 Å². The second-order valence-corrected chi connectivity index (χ2v) is 17.0. The molecule has 0 radical (unpaired) electrons. The van der Waals surface area contributed by atoms with E-state index in [-0.39, 0.29) is 5.41 Å². The molecule has 0 saturated carbocycles. The zero-order valence-electron chi connectivity index (χ0n) is 34.5. The van der Waals surface area contributed by atoms with Gasteiger partial charge in [0.2, 0.25) is 0 Å². The van der Waals surface area contributed by atoms with Gasteiger partial charge in [0.15, 0.2) is 5.82 Å². The maximum Gasteiger partial charge on any atom is 0.162 e. The van der Waals surface area contributed by atoms with Crippen molar-refractivity contribution in [2.45, 2.75) is 19.3 Å². The molecule has 1 aliphatic carbocycles. The summed E-state index contributed by atoms with van der Waals surface area (Å²) in [7, 11) is 0. The molecule has 62 heavy (non-hydrogen) atoms. The van der Waals surface area contributed by atoms with Crippen LogP contribution in [0.1, 0.15) is 25.0 Å². The van der Waals surface area contributed by atoms with Crippen LogP contribution < -0.4 is 0 Å². The van der Waals surface area contributed by atoms with Crippen LogP contribution in [0.3, 0.4) is 0 Å². The topological polar surface area (TPSA) is 30.7 Å². The van der Waals surface area contributed by atoms with Gasteiger partial charge in [-0.3, -0.25) is 4.57 Å². The summed E-state index contributed by atoms with van der Waals surface area (Å²) in [4.78, 5) is 10.7. The lowest BCUT2D eigenvalue weighted by Crippen LogP contribution is -2.14. The van der Waals surface area contributed by atoms with Gasteiger partial charge in [0.25, 0.3) is 0 Å². The number of aromatic nitrogens is 3. The highest BCUT2D eigenvalue weighted by molar-refractivity contribution is 6.11. The van der Waals surface area contributed by atoms with Crippen LogP contribution in [0.15, 0.2) is 212 Å². The molecule has 292 valence electrons. The van der Waals surface area contributed by atoms with Crippen molar-refractivity contribution in [3.05, 3.63) is 223 Å². The summed E-state index contributed by atoms with van der Waals surface area (Å²) in [6.07, 6.45) is 0. The van der Waals surface area contributed by atoms with Gasteiger partial charge in [-0.2, -0.15) is 0 Å². The number of hydrogen-bond donors (Lipinski definition) is 0. The molecule has 2 aromatic heterocycles. The monoisotopic (exact) mass is 791 g/mol. The van der Waals surface area contributed by atoms with E-state index < -0.39 is 0 Å². The zero-order valence-corrected chi connectivity index (χ0v) is 34.5. The molecule has 2 heterocycles. The summed E-state index contributed by atoms with van der Waals surface area (Å²) in [5, 5.41) is 4.90. The second kappa shape index (κ2) is 14.1. The van der Waals surface area contributed by atoms with Crippen LogP contribution in [0, 0.1) is 0 Å². The van der Waals surface area contributed by atoms with Crippen molar-refractivity contribution < 1.29 is 0 Å². The molecule has 0 unspecified atom stereocenters. The van der Waals surface area contributed by atoms with Crippen LogP contribution in [0.5, 0.6) is 0 Å². The third-order valence-corrected chi connectivity index (χ3v) is 13.0. The van der Waals surface area contributed by atoms with Crippen molar-refractivity contribution in [2.24, 2.45) is 0 Å². The highest BCUT2D eigenvalue weighted by atomic mass is 15.1. The molecule has 0 spiro atoms. The zero-order chi connectivity index (χ0) is 41.4. The largest absolute Gasteiger partial charge is 0.294 e. The molecule has 0 N–H and O–H groups in total. The molecule has 1 aliphatic rings. The highest BCUT2D eigenvalue weighted by Crippen LogP contribution is 2.53. The normalized spacial score (nSPS) is 12.8. The van der Waals surface area contributed by atoms with Crippen molar-refractivity contribution in [3.8, 4) is 73.0 Å². The number of fused-ring (bicyclic) bond motifs is 7. The lowest BCUT2D eigenvalue weighted by Gasteiger charge is -2.22. The van der Waals surface area contributed by atoms with Crippen LogP contribution in [0.4, 0.5) is 0 Å². The van der Waals surface area contributed by atoms with Gasteiger partial charge in [0, 0.05) is 33.4 Å². The molecular weight excluding hydrogens is 751 g/mol. The molecule has 3 nitrogen and oxygen atoms in total. The summed E-state index contributed by atoms with van der Waals surface area (Å²) in [6.45, 7) is 4.72. The molecule has 0 fully saturated rings. The van der Waals surface area contributed by atoms with E-state index in [2.05, 4.69) is 225 Å². The van der Waals surface area contributed by atoms with E-state index in [0.29, 0.717) is 5.82 Å². The Morgan fingerprint density at radius 3 is 1.56 bits per heavy atom. The molecule has 0 bridgehead atoms. The van der Waals surface area contributed by atoms with Gasteiger partial charge in [-0.1, -0.05) is 178 Å². The van der Waals surface area contributed by atoms with Gasteiger partial charge in [-0.25, -0.2) is 9.97 Å². The number of hydrogen-bond acceptors (Lipinski definition) is 2. The van der Waals surface area contributed by atoms with E-state index in [1.54, 1.807) is 0 Å². The van der Waals surface area contributed by atoms with Crippen LogP contribution in [-0.4, -0.2) is 14.5 Å². The Bertz CT molecular complexity index is 3430. The SMILES string of the molecule is CC1(C)c2cc3ccccc3cc2-c2c(-c3cccc(-c4cc(-n5c6ccc(-c7ccccc7)cc6c6cc(-c7ccccc7)ccc65)nc(-c5ccccc5)n4)c3)cccc21. The van der Waals surface area contributed by atoms with Crippen LogP contribution >= 0.6 is 0 Å². The first-order chi connectivity index (χ1) is 30.5. The fourth-order valence-corrected chi connectivity index (χ4v) is 9.86. The summed E-state index contributed by atoms with van der Waals surface area (Å²) >= 11 is 0. The Labute approximate surface area is 361 Å². The van der Waals surface area contributed by atoms with E-state index >= 15 is 0 Å². The minimum Gasteiger partial charge on any atom is -0.294 e. The van der Waals surface area contributed by atoms with Gasteiger partial charge in [0.1, 0.15) is 5.82 Å². The van der Waals surface area contributed by atoms with Crippen molar-refractivity contribution in [2.75, 3.05) is 0 Å². The van der Waals surface area contributed by atoms with Crippen molar-refractivity contribution >= 4 is 32.6 Å². The van der Waals surface area contributed by atoms with E-state index in [9.17, 15) is 0 Å². The molecule has 0 aliphatic heterocycles. The molecule has 12 rings (SSSR count). The van der Waals surface area contributed by atoms with E-state index in [1.165, 1.54) is 71.6 Å². The Morgan fingerprint density at radius 1 is 0.371 bits per heavy atom. The number of rotatable bonds is 6. The average Bonchev–Trinajstić information content (AvgIpc) is 3.78. The van der Waals surface area contributed by atoms with Gasteiger partial charge in [-0.05, 0) is 109 Å². The Morgan fingerprint density at radius 2 is 0.919 bits per heavy atom. The minimum absolute atomic E-state index is 0.125. The van der Waals surface area contributed by atoms with Gasteiger partial charge < -0.3 is 0 Å². The second-order valence-electron chi connectivity index (χ2n) is 17.0. The smallest absolute Gasteiger partial charge is 0.162 e. The maximum atomic E-state index is 5.38. The highest BCUT2D eigenvalue weighted by Gasteiger charge is 2.37.